The van der Waals surface area contributed by atoms with Crippen molar-refractivity contribution in [1.29, 1.82) is 0 Å². The van der Waals surface area contributed by atoms with Gasteiger partial charge in [0.25, 0.3) is 0 Å². The average Bonchev–Trinajstić information content (AvgIpc) is 2.58. The normalized spacial score (nSPS) is 14.5. The molecule has 0 radical (unpaired) electrons. The molecule has 0 aliphatic carbocycles. The van der Waals surface area contributed by atoms with Crippen LogP contribution in [-0.2, 0) is 37.3 Å². The van der Waals surface area contributed by atoms with E-state index in [4.69, 9.17) is 32.5 Å². The van der Waals surface area contributed by atoms with Gasteiger partial charge in [0.2, 0.25) is 6.29 Å². The van der Waals surface area contributed by atoms with E-state index in [0.717, 1.165) is 6.08 Å². The molecule has 0 fully saturated rings. The van der Waals surface area contributed by atoms with Gasteiger partial charge in [0, 0.05) is 41.1 Å². The molecule has 0 saturated carbocycles. The number of methoxy groups -OCH3 is 4. The summed E-state index contributed by atoms with van der Waals surface area (Å²) in [5.41, 5.74) is 0. The molecule has 0 aliphatic rings. The summed E-state index contributed by atoms with van der Waals surface area (Å²) in [7, 11) is 3.05. The minimum atomic E-state index is -2.73. The Morgan fingerprint density at radius 3 is 2.21 bits per heavy atom. The fourth-order valence-corrected chi connectivity index (χ4v) is 4.74. The number of carbonyl (C=O) groups is 1. The van der Waals surface area contributed by atoms with Crippen LogP contribution in [0.5, 0.6) is 0 Å². The number of rotatable bonds is 14. The number of carbonyl (C=O) groups excluding carboxylic acids is 1. The molecule has 0 saturated heterocycles. The van der Waals surface area contributed by atoms with Crippen LogP contribution in [0, 0.1) is 0 Å². The molecule has 0 heterocycles. The zero-order valence-corrected chi connectivity index (χ0v) is 16.5. The van der Waals surface area contributed by atoms with E-state index < -0.39 is 26.8 Å². The fraction of sp³-hybridized carbons (Fsp3) is 0.800. The predicted octanol–water partition coefficient (Wildman–Crippen LogP) is 1.80. The largest absolute Gasteiger partial charge is 0.463 e. The van der Waals surface area contributed by atoms with Gasteiger partial charge < -0.3 is 32.5 Å². The Kier molecular flexibility index (Phi) is 11.3. The van der Waals surface area contributed by atoms with Gasteiger partial charge in [-0.3, -0.25) is 0 Å². The number of hydrogen-bond donors (Lipinski definition) is 0. The third kappa shape index (κ3) is 6.97. The highest BCUT2D eigenvalue weighted by Crippen LogP contribution is 2.29. The van der Waals surface area contributed by atoms with Crippen LogP contribution >= 0.6 is 0 Å². The third-order valence-corrected chi connectivity index (χ3v) is 6.16. The second-order valence-electron chi connectivity index (χ2n) is 4.96. The molecule has 0 N–H and O–H groups in total. The maximum atomic E-state index is 11.1. The average molecular weight is 366 g/mol. The molecule has 8 nitrogen and oxygen atoms in total. The maximum absolute atomic E-state index is 11.1. The minimum Gasteiger partial charge on any atom is -0.463 e. The molecule has 0 bridgehead atoms. The van der Waals surface area contributed by atoms with Gasteiger partial charge in [-0.05, 0) is 25.9 Å². The van der Waals surface area contributed by atoms with Gasteiger partial charge in [0.05, 0.1) is 6.61 Å². The van der Waals surface area contributed by atoms with Crippen LogP contribution in [0.25, 0.3) is 0 Å². The molecule has 0 aromatic heterocycles. The smallest absolute Gasteiger partial charge is 0.339 e. The Morgan fingerprint density at radius 2 is 1.79 bits per heavy atom. The van der Waals surface area contributed by atoms with E-state index in [1.165, 1.54) is 28.4 Å². The summed E-state index contributed by atoms with van der Waals surface area (Å²) < 4.78 is 38.2. The van der Waals surface area contributed by atoms with Crippen LogP contribution in [-0.4, -0.2) is 68.4 Å². The standard InChI is InChI=1S/C15H30O8Si/c1-8-13(16)21-11-10-12-24(7,22-9-2)23-15(19-5,20-6)14(17-3)18-4/h8,14H,1,9-12H2,2-7H3. The first-order valence-corrected chi connectivity index (χ1v) is 10.2. The zero-order valence-electron chi connectivity index (χ0n) is 15.5. The fourth-order valence-electron chi connectivity index (χ4n) is 2.18. The molecule has 0 aliphatic heterocycles. The van der Waals surface area contributed by atoms with Crippen LogP contribution < -0.4 is 0 Å². The van der Waals surface area contributed by atoms with Crippen LogP contribution in [0.3, 0.4) is 0 Å². The molecule has 1 atom stereocenters. The summed E-state index contributed by atoms with van der Waals surface area (Å²) in [5.74, 6) is -2.02. The van der Waals surface area contributed by atoms with E-state index >= 15 is 0 Å². The molecule has 0 spiro atoms. The van der Waals surface area contributed by atoms with Crippen molar-refractivity contribution >= 4 is 14.5 Å². The molecule has 1 unspecified atom stereocenters. The van der Waals surface area contributed by atoms with Crippen LogP contribution in [0.4, 0.5) is 0 Å². The lowest BCUT2D eigenvalue weighted by atomic mass is 10.5. The van der Waals surface area contributed by atoms with Gasteiger partial charge in [-0.1, -0.05) is 6.58 Å². The summed E-state index contributed by atoms with van der Waals surface area (Å²) in [6.07, 6.45) is 0.785. The maximum Gasteiger partial charge on any atom is 0.339 e. The van der Waals surface area contributed by atoms with Crippen LogP contribution in [0.2, 0.25) is 12.6 Å². The Balaban J connectivity index is 5.03. The third-order valence-electron chi connectivity index (χ3n) is 3.28. The van der Waals surface area contributed by atoms with E-state index in [9.17, 15) is 4.79 Å². The van der Waals surface area contributed by atoms with Gasteiger partial charge in [-0.2, -0.15) is 0 Å². The number of ether oxygens (including phenoxy) is 5. The second-order valence-corrected chi connectivity index (χ2v) is 8.22. The molecule has 24 heavy (non-hydrogen) atoms. The van der Waals surface area contributed by atoms with Gasteiger partial charge >= 0.3 is 20.5 Å². The molecule has 0 amide bonds. The SMILES string of the molecule is C=CC(=O)OCCC[Si](C)(OCC)OC(OC)(OC)C(OC)OC. The van der Waals surface area contributed by atoms with E-state index in [1.54, 1.807) is 0 Å². The van der Waals surface area contributed by atoms with Gasteiger partial charge in [0.15, 0.2) is 0 Å². The summed E-state index contributed by atoms with van der Waals surface area (Å²) in [4.78, 5) is 11.1. The molecular weight excluding hydrogens is 336 g/mol. The van der Waals surface area contributed by atoms with Crippen molar-refractivity contribution in [1.82, 2.24) is 0 Å². The van der Waals surface area contributed by atoms with Crippen molar-refractivity contribution in [3.8, 4) is 0 Å². The lowest BCUT2D eigenvalue weighted by molar-refractivity contribution is -0.416. The Morgan fingerprint density at radius 1 is 1.21 bits per heavy atom. The number of hydrogen-bond acceptors (Lipinski definition) is 8. The summed E-state index contributed by atoms with van der Waals surface area (Å²) in [5, 5.41) is 0. The van der Waals surface area contributed by atoms with E-state index in [-0.39, 0.29) is 6.61 Å². The first kappa shape index (κ1) is 23.2. The summed E-state index contributed by atoms with van der Waals surface area (Å²) >= 11 is 0. The zero-order chi connectivity index (χ0) is 18.6. The van der Waals surface area contributed by atoms with Gasteiger partial charge in [0.1, 0.15) is 0 Å². The van der Waals surface area contributed by atoms with E-state index in [0.29, 0.717) is 19.1 Å². The topological polar surface area (TPSA) is 81.7 Å². The van der Waals surface area contributed by atoms with Gasteiger partial charge in [-0.15, -0.1) is 0 Å². The second kappa shape index (κ2) is 11.7. The van der Waals surface area contributed by atoms with E-state index in [2.05, 4.69) is 6.58 Å². The first-order chi connectivity index (χ1) is 11.4. The Bertz CT molecular complexity index is 370. The van der Waals surface area contributed by atoms with Crippen LogP contribution in [0.15, 0.2) is 12.7 Å². The summed E-state index contributed by atoms with van der Waals surface area (Å²) in [6.45, 7) is 7.81. The molecule has 0 aromatic carbocycles. The highest BCUT2D eigenvalue weighted by Gasteiger charge is 2.49. The van der Waals surface area contributed by atoms with Crippen molar-refractivity contribution in [2.75, 3.05) is 41.7 Å². The monoisotopic (exact) mass is 366 g/mol. The summed E-state index contributed by atoms with van der Waals surface area (Å²) in [6, 6.07) is 0.555. The highest BCUT2D eigenvalue weighted by atomic mass is 28.4. The molecular formula is C15H30O8Si. The van der Waals surface area contributed by atoms with Crippen molar-refractivity contribution in [3.05, 3.63) is 12.7 Å². The number of esters is 1. The van der Waals surface area contributed by atoms with Crippen molar-refractivity contribution in [3.63, 3.8) is 0 Å². The lowest BCUT2D eigenvalue weighted by Gasteiger charge is -2.41. The van der Waals surface area contributed by atoms with Crippen molar-refractivity contribution in [2.24, 2.45) is 0 Å². The Labute approximate surface area is 145 Å². The van der Waals surface area contributed by atoms with Gasteiger partial charge in [-0.25, -0.2) is 4.79 Å². The minimum absolute atomic E-state index is 0.245. The quantitative estimate of drug-likeness (QED) is 0.151. The molecule has 142 valence electrons. The highest BCUT2D eigenvalue weighted by molar-refractivity contribution is 6.66. The predicted molar refractivity (Wildman–Crippen MR) is 89.5 cm³/mol. The molecule has 0 rings (SSSR count). The van der Waals surface area contributed by atoms with Crippen molar-refractivity contribution < 1.29 is 37.3 Å². The van der Waals surface area contributed by atoms with Crippen molar-refractivity contribution in [2.45, 2.75) is 38.2 Å². The Hall–Kier alpha value is -0.813. The van der Waals surface area contributed by atoms with Crippen LogP contribution in [0.1, 0.15) is 13.3 Å². The van der Waals surface area contributed by atoms with E-state index in [1.807, 2.05) is 13.5 Å². The molecule has 0 aromatic rings. The molecule has 9 heteroatoms. The lowest BCUT2D eigenvalue weighted by Crippen LogP contribution is -2.58. The first-order valence-electron chi connectivity index (χ1n) is 7.66.